The van der Waals surface area contributed by atoms with E-state index in [0.29, 0.717) is 0 Å². The van der Waals surface area contributed by atoms with Crippen LogP contribution < -0.4 is 21.3 Å². The maximum atomic E-state index is 12.8. The fourth-order valence-electron chi connectivity index (χ4n) is 11.5. The average Bonchev–Trinajstić information content (AvgIpc) is 0.819. The third-order valence-corrected chi connectivity index (χ3v) is 16.1. The van der Waals surface area contributed by atoms with Crippen molar-refractivity contribution < 1.29 is 178 Å². The molecule has 23 N–H and O–H groups in total. The summed E-state index contributed by atoms with van der Waals surface area (Å²) in [6.07, 6.45) is -60.2. The van der Waals surface area contributed by atoms with Crippen molar-refractivity contribution in [3.05, 3.63) is 0 Å². The molecule has 0 aromatic heterocycles. The highest BCUT2D eigenvalue weighted by Crippen LogP contribution is 2.38. The number of aliphatic hydroxyl groups excluding tert-OH is 19. The monoisotopic (exact) mass is 1320 g/mol. The van der Waals surface area contributed by atoms with Gasteiger partial charge in [-0.15, -0.1) is 0 Å². The first-order valence-electron chi connectivity index (χ1n) is 28.6. The Morgan fingerprint density at radius 2 is 0.578 bits per heavy atom. The van der Waals surface area contributed by atoms with Crippen LogP contribution in [0.25, 0.3) is 0 Å². The first kappa shape index (κ1) is 74.0. The molecule has 0 spiro atoms. The van der Waals surface area contributed by atoms with Gasteiger partial charge >= 0.3 is 0 Å². The zero-order valence-corrected chi connectivity index (χ0v) is 48.6. The molecule has 40 nitrogen and oxygen atoms in total. The lowest BCUT2D eigenvalue weighted by Crippen LogP contribution is -2.71. The number of carbonyl (C=O) groups excluding carboxylic acids is 4. The minimum atomic E-state index is -2.39. The van der Waals surface area contributed by atoms with Crippen molar-refractivity contribution in [1.82, 2.24) is 21.3 Å². The number of ether oxygens (including phenoxy) is 13. The van der Waals surface area contributed by atoms with Gasteiger partial charge in [0.05, 0.1) is 46.2 Å². The number of rotatable bonds is 23. The molecule has 1 unspecified atom stereocenters. The molecule has 0 saturated carbocycles. The van der Waals surface area contributed by atoms with Crippen LogP contribution in [0.1, 0.15) is 27.7 Å². The fraction of sp³-hybridized carbons (Fsp3) is 0.920. The molecule has 90 heavy (non-hydrogen) atoms. The van der Waals surface area contributed by atoms with Crippen molar-refractivity contribution in [2.45, 2.75) is 242 Å². The second kappa shape index (κ2) is 32.4. The van der Waals surface area contributed by atoms with Gasteiger partial charge in [0.2, 0.25) is 23.6 Å². The van der Waals surface area contributed by atoms with E-state index in [1.165, 1.54) is 0 Å². The molecule has 35 atom stereocenters. The van der Waals surface area contributed by atoms with E-state index in [-0.39, 0.29) is 0 Å². The van der Waals surface area contributed by atoms with Gasteiger partial charge in [0, 0.05) is 27.7 Å². The van der Waals surface area contributed by atoms with Crippen molar-refractivity contribution in [2.75, 3.05) is 46.2 Å². The zero-order valence-electron chi connectivity index (χ0n) is 48.6. The molecule has 4 amide bonds. The van der Waals surface area contributed by atoms with Crippen molar-refractivity contribution >= 4 is 23.6 Å². The summed E-state index contributed by atoms with van der Waals surface area (Å²) >= 11 is 0. The highest BCUT2D eigenvalue weighted by Gasteiger charge is 2.59. The van der Waals surface area contributed by atoms with Gasteiger partial charge < -0.3 is 180 Å². The van der Waals surface area contributed by atoms with Crippen LogP contribution in [-0.2, 0) is 80.8 Å². The number of carbonyl (C=O) groups is 4. The van der Waals surface area contributed by atoms with Crippen LogP contribution in [0.4, 0.5) is 0 Å². The smallest absolute Gasteiger partial charge is 0.217 e. The second-order valence-electron chi connectivity index (χ2n) is 22.5. The molecule has 7 rings (SSSR count). The summed E-state index contributed by atoms with van der Waals surface area (Å²) in [6.45, 7) is -2.97. The van der Waals surface area contributed by atoms with Crippen LogP contribution in [0, 0.1) is 0 Å². The van der Waals surface area contributed by atoms with Gasteiger partial charge in [-0.05, 0) is 0 Å². The van der Waals surface area contributed by atoms with Gasteiger partial charge in [-0.25, -0.2) is 0 Å². The molecule has 7 fully saturated rings. The summed E-state index contributed by atoms with van der Waals surface area (Å²) in [6, 6.07) is -7.07. The lowest BCUT2D eigenvalue weighted by atomic mass is 9.93. The van der Waals surface area contributed by atoms with Gasteiger partial charge in [-0.3, -0.25) is 19.2 Å². The summed E-state index contributed by atoms with van der Waals surface area (Å²) in [5.74, 6) is -3.41. The van der Waals surface area contributed by atoms with Crippen LogP contribution in [-0.4, -0.2) is 382 Å². The van der Waals surface area contributed by atoms with Gasteiger partial charge in [-0.2, -0.15) is 0 Å². The van der Waals surface area contributed by atoms with Gasteiger partial charge in [0.25, 0.3) is 0 Å². The fourth-order valence-corrected chi connectivity index (χ4v) is 11.5. The summed E-state index contributed by atoms with van der Waals surface area (Å²) < 4.78 is 75.9. The number of aliphatic hydroxyl groups is 19. The van der Waals surface area contributed by atoms with Crippen LogP contribution in [0.15, 0.2) is 0 Å². The van der Waals surface area contributed by atoms with E-state index < -0.39 is 285 Å². The first-order valence-corrected chi connectivity index (χ1v) is 28.6. The van der Waals surface area contributed by atoms with Crippen molar-refractivity contribution in [1.29, 1.82) is 0 Å². The van der Waals surface area contributed by atoms with Crippen LogP contribution in [0.3, 0.4) is 0 Å². The topological polar surface area (TPSA) is 621 Å². The minimum Gasteiger partial charge on any atom is -0.394 e. The third kappa shape index (κ3) is 16.4. The Balaban J connectivity index is 1.21. The molecule has 40 heteroatoms. The van der Waals surface area contributed by atoms with Gasteiger partial charge in [0.1, 0.15) is 171 Å². The zero-order chi connectivity index (χ0) is 66.5. The van der Waals surface area contributed by atoms with Crippen LogP contribution in [0.5, 0.6) is 0 Å². The lowest BCUT2D eigenvalue weighted by molar-refractivity contribution is -0.384. The largest absolute Gasteiger partial charge is 0.394 e. The summed E-state index contributed by atoms with van der Waals surface area (Å²) in [5.41, 5.74) is 0. The molecule has 7 aliphatic heterocycles. The second-order valence-corrected chi connectivity index (χ2v) is 22.5. The number of hydrogen-bond acceptors (Lipinski definition) is 36. The minimum absolute atomic E-state index is 0.771. The van der Waals surface area contributed by atoms with E-state index in [0.717, 1.165) is 27.7 Å². The Kier molecular flexibility index (Phi) is 26.6. The summed E-state index contributed by atoms with van der Waals surface area (Å²) in [4.78, 5) is 50.6. The molecule has 0 bridgehead atoms. The number of hydrogen-bond donors (Lipinski definition) is 23. The standard InChI is InChI=1S/C50H84N4O36/c1-12(61)51-23-31(69)39(86-48-36(74)34(72)27(65)16(5-55)80-48)19(8-58)82-45(23)78-11-22-30(68)43(90-47-25(53-14(3)63)33(71)40(20(9-59)84-47)87-49-37(75)35(73)28(66)17(6-56)81-49)38(76)50(85-22)88-41-21(10-60)83-46(24(32(41)70)52-13(2)62)89-42-26(54-15(4)64)44(77)79-18(7-57)29(42)67/h16-50,55-60,65-77H,5-11H2,1-4H3,(H,51,61)(H,52,62)(H,53,63)(H,54,64)/t16-,17-,18-,19-,20-,21-,22-,23-,24-,25-,26-,27+,28+,29+,30+,31+,32-,33-,34+,35+,36-,37-,38-,39-,40-,41-,42-,43+,44?,45-,46+,47+,48+,49+,50+/m1/s1. The Morgan fingerprint density at radius 1 is 0.289 bits per heavy atom. The Labute approximate surface area is 510 Å². The Hall–Kier alpha value is -3.40. The molecule has 0 radical (unpaired) electrons. The van der Waals surface area contributed by atoms with E-state index >= 15 is 0 Å². The predicted molar refractivity (Wildman–Crippen MR) is 278 cm³/mol. The maximum Gasteiger partial charge on any atom is 0.217 e. The molecule has 7 aliphatic rings. The summed E-state index contributed by atoms with van der Waals surface area (Å²) in [7, 11) is 0. The molecule has 7 heterocycles. The van der Waals surface area contributed by atoms with E-state index in [4.69, 9.17) is 61.6 Å². The molecule has 7 saturated heterocycles. The molecule has 0 aromatic rings. The highest BCUT2D eigenvalue weighted by molar-refractivity contribution is 5.74. The van der Waals surface area contributed by atoms with E-state index in [1.807, 2.05) is 0 Å². The quantitative estimate of drug-likeness (QED) is 0.0452. The average molecular weight is 1320 g/mol. The van der Waals surface area contributed by atoms with Gasteiger partial charge in [0.15, 0.2) is 44.0 Å². The van der Waals surface area contributed by atoms with Crippen LogP contribution in [0.2, 0.25) is 0 Å². The third-order valence-electron chi connectivity index (χ3n) is 16.1. The van der Waals surface area contributed by atoms with Crippen molar-refractivity contribution in [2.24, 2.45) is 0 Å². The van der Waals surface area contributed by atoms with Crippen molar-refractivity contribution in [3.8, 4) is 0 Å². The van der Waals surface area contributed by atoms with Crippen LogP contribution >= 0.6 is 0 Å². The van der Waals surface area contributed by atoms with E-state index in [2.05, 4.69) is 21.3 Å². The normalized spacial score (nSPS) is 47.6. The SMILES string of the molecule is CC(=O)N[C@H]1[C@H](O[C@H]2[C@@H](O)[C@@H](CO[C@@H]3O[C@H](CO)[C@@H](O[C@@H]4O[C@H](CO)[C@H](O)[C@H](O)[C@H]4O)[C@@H](O)[C@H]3NC(C)=O)O[C@@H](O[C@H]3[C@H](O)[C@@H](NC(C)=O)[C@H](O[C@H]4[C@@H](O)[C@@H](CO)OC(O)[C@@H]4NC(C)=O)O[C@@H]3CO)[C@@H]2O)O[C@H](CO)[C@@H](O[C@@H]2O[C@H](CO)[C@H](O)[C@H](O)[C@H]2O)[C@@H]1O. The van der Waals surface area contributed by atoms with E-state index in [1.54, 1.807) is 0 Å². The number of amides is 4. The molecule has 0 aliphatic carbocycles. The molecular weight excluding hydrogens is 1230 g/mol. The highest BCUT2D eigenvalue weighted by atomic mass is 16.8. The Bertz CT molecular complexity index is 2310. The first-order chi connectivity index (χ1) is 42.5. The lowest BCUT2D eigenvalue weighted by Gasteiger charge is -2.51. The predicted octanol–water partition coefficient (Wildman–Crippen LogP) is -15.7. The Morgan fingerprint density at radius 3 is 0.956 bits per heavy atom. The maximum absolute atomic E-state index is 12.8. The molecule has 520 valence electrons. The molecule has 0 aromatic carbocycles. The molecular formula is C50H84N4O36. The van der Waals surface area contributed by atoms with Crippen molar-refractivity contribution in [3.63, 3.8) is 0 Å². The number of nitrogens with one attached hydrogen (secondary N) is 4. The summed E-state index contributed by atoms with van der Waals surface area (Å²) in [5, 5.41) is 216. The van der Waals surface area contributed by atoms with Gasteiger partial charge in [-0.1, -0.05) is 0 Å². The van der Waals surface area contributed by atoms with E-state index in [9.17, 15) is 116 Å².